The predicted octanol–water partition coefficient (Wildman–Crippen LogP) is 3.04. The first-order valence-corrected chi connectivity index (χ1v) is 5.34. The van der Waals surface area contributed by atoms with Crippen molar-refractivity contribution in [1.29, 1.82) is 5.26 Å². The van der Waals surface area contributed by atoms with Crippen LogP contribution in [0.3, 0.4) is 0 Å². The van der Waals surface area contributed by atoms with E-state index < -0.39 is 0 Å². The van der Waals surface area contributed by atoms with Crippen LogP contribution < -0.4 is 4.90 Å². The molecule has 1 aromatic rings. The Morgan fingerprint density at radius 2 is 2.13 bits per heavy atom. The molecular weight excluding hydrogens is 184 g/mol. The Morgan fingerprint density at radius 1 is 1.40 bits per heavy atom. The fraction of sp³-hybridized carbons (Fsp3) is 0.462. The van der Waals surface area contributed by atoms with Crippen LogP contribution in [0.25, 0.3) is 0 Å². The van der Waals surface area contributed by atoms with Crippen molar-refractivity contribution in [3.63, 3.8) is 0 Å². The highest BCUT2D eigenvalue weighted by Crippen LogP contribution is 2.15. The Morgan fingerprint density at radius 3 is 2.73 bits per heavy atom. The zero-order chi connectivity index (χ0) is 11.3. The van der Waals surface area contributed by atoms with E-state index in [-0.39, 0.29) is 0 Å². The molecule has 0 aromatic heterocycles. The van der Waals surface area contributed by atoms with Crippen molar-refractivity contribution < 1.29 is 0 Å². The molecule has 2 nitrogen and oxygen atoms in total. The lowest BCUT2D eigenvalue weighted by Crippen LogP contribution is -2.19. The first-order valence-electron chi connectivity index (χ1n) is 5.34. The summed E-state index contributed by atoms with van der Waals surface area (Å²) in [5.74, 6) is 0.714. The summed E-state index contributed by atoms with van der Waals surface area (Å²) < 4.78 is 0. The van der Waals surface area contributed by atoms with E-state index in [9.17, 15) is 0 Å². The summed E-state index contributed by atoms with van der Waals surface area (Å²) in [6.45, 7) is 5.48. The maximum Gasteiger partial charge on any atom is 0.0992 e. The van der Waals surface area contributed by atoms with Crippen LogP contribution in [0.2, 0.25) is 0 Å². The third kappa shape index (κ3) is 3.63. The van der Waals surface area contributed by atoms with Gasteiger partial charge in [-0.25, -0.2) is 0 Å². The van der Waals surface area contributed by atoms with E-state index in [2.05, 4.69) is 31.9 Å². The predicted molar refractivity (Wildman–Crippen MR) is 63.9 cm³/mol. The maximum atomic E-state index is 8.79. The monoisotopic (exact) mass is 202 g/mol. The lowest BCUT2D eigenvalue weighted by molar-refractivity contribution is 0.585. The van der Waals surface area contributed by atoms with Gasteiger partial charge in [0, 0.05) is 19.3 Å². The average Bonchev–Trinajstić information content (AvgIpc) is 2.26. The number of benzene rings is 1. The molecule has 0 unspecified atom stereocenters. The molecular formula is C13H18N2. The smallest absolute Gasteiger partial charge is 0.0992 e. The van der Waals surface area contributed by atoms with Gasteiger partial charge in [-0.2, -0.15) is 5.26 Å². The van der Waals surface area contributed by atoms with Crippen molar-refractivity contribution in [2.45, 2.75) is 20.3 Å². The Bertz CT molecular complexity index is 350. The second-order valence-corrected chi connectivity index (χ2v) is 4.27. The molecule has 0 radical (unpaired) electrons. The van der Waals surface area contributed by atoms with Crippen LogP contribution in [0.15, 0.2) is 24.3 Å². The topological polar surface area (TPSA) is 27.0 Å². The number of nitrogens with zero attached hydrogens (tertiary/aromatic N) is 2. The summed E-state index contributed by atoms with van der Waals surface area (Å²) in [6, 6.07) is 9.90. The highest BCUT2D eigenvalue weighted by Gasteiger charge is 2.02. The molecule has 80 valence electrons. The minimum absolute atomic E-state index is 0.714. The Hall–Kier alpha value is -1.49. The molecule has 0 atom stereocenters. The van der Waals surface area contributed by atoms with Crippen molar-refractivity contribution in [2.75, 3.05) is 18.5 Å². The molecule has 0 spiro atoms. The van der Waals surface area contributed by atoms with Crippen LogP contribution in [0.4, 0.5) is 5.69 Å². The van der Waals surface area contributed by atoms with E-state index in [4.69, 9.17) is 5.26 Å². The minimum atomic E-state index is 0.714. The van der Waals surface area contributed by atoms with Crippen molar-refractivity contribution >= 4 is 5.69 Å². The summed E-state index contributed by atoms with van der Waals surface area (Å²) in [6.07, 6.45) is 1.17. The van der Waals surface area contributed by atoms with Gasteiger partial charge < -0.3 is 4.90 Å². The summed E-state index contributed by atoms with van der Waals surface area (Å²) in [5.41, 5.74) is 1.85. The third-order valence-electron chi connectivity index (χ3n) is 2.46. The largest absolute Gasteiger partial charge is 0.375 e. The van der Waals surface area contributed by atoms with E-state index >= 15 is 0 Å². The fourth-order valence-electron chi connectivity index (χ4n) is 1.39. The molecule has 0 amide bonds. The minimum Gasteiger partial charge on any atom is -0.375 e. The first kappa shape index (κ1) is 11.6. The molecule has 0 saturated heterocycles. The van der Waals surface area contributed by atoms with Gasteiger partial charge in [0.1, 0.15) is 0 Å². The van der Waals surface area contributed by atoms with Crippen molar-refractivity contribution in [1.82, 2.24) is 0 Å². The molecule has 0 aliphatic carbocycles. The van der Waals surface area contributed by atoms with Gasteiger partial charge in [0.25, 0.3) is 0 Å². The molecule has 1 aromatic carbocycles. The fourth-order valence-corrected chi connectivity index (χ4v) is 1.39. The molecule has 0 heterocycles. The number of hydrogen-bond donors (Lipinski definition) is 0. The summed E-state index contributed by atoms with van der Waals surface area (Å²) in [5, 5.41) is 8.79. The van der Waals surface area contributed by atoms with Crippen LogP contribution in [-0.4, -0.2) is 13.6 Å². The molecule has 0 fully saturated rings. The zero-order valence-electron chi connectivity index (χ0n) is 9.70. The molecule has 1 rings (SSSR count). The second-order valence-electron chi connectivity index (χ2n) is 4.27. The molecule has 15 heavy (non-hydrogen) atoms. The van der Waals surface area contributed by atoms with Gasteiger partial charge in [0.2, 0.25) is 0 Å². The van der Waals surface area contributed by atoms with Gasteiger partial charge in [-0.3, -0.25) is 0 Å². The quantitative estimate of drug-likeness (QED) is 0.750. The zero-order valence-corrected chi connectivity index (χ0v) is 9.70. The number of hydrogen-bond acceptors (Lipinski definition) is 2. The van der Waals surface area contributed by atoms with Gasteiger partial charge in [0.15, 0.2) is 0 Å². The second kappa shape index (κ2) is 5.41. The van der Waals surface area contributed by atoms with E-state index in [0.717, 1.165) is 17.8 Å². The van der Waals surface area contributed by atoms with Gasteiger partial charge in [-0.15, -0.1) is 0 Å². The van der Waals surface area contributed by atoms with Crippen LogP contribution >= 0.6 is 0 Å². The Balaban J connectivity index is 2.65. The van der Waals surface area contributed by atoms with E-state index in [1.165, 1.54) is 6.42 Å². The molecule has 0 bridgehead atoms. The Labute approximate surface area is 92.1 Å². The summed E-state index contributed by atoms with van der Waals surface area (Å²) in [7, 11) is 2.07. The van der Waals surface area contributed by atoms with Gasteiger partial charge in [-0.05, 0) is 30.5 Å². The maximum absolute atomic E-state index is 8.79. The average molecular weight is 202 g/mol. The highest BCUT2D eigenvalue weighted by molar-refractivity contribution is 5.50. The molecule has 0 aliphatic heterocycles. The summed E-state index contributed by atoms with van der Waals surface area (Å²) >= 11 is 0. The van der Waals surface area contributed by atoms with E-state index in [0.29, 0.717) is 5.92 Å². The molecule has 0 N–H and O–H groups in total. The SMILES string of the molecule is CC(C)CCN(C)c1cccc(C#N)c1. The molecule has 2 heteroatoms. The Kier molecular flexibility index (Phi) is 4.17. The highest BCUT2D eigenvalue weighted by atomic mass is 15.1. The van der Waals surface area contributed by atoms with Crippen LogP contribution in [0.5, 0.6) is 0 Å². The lowest BCUT2D eigenvalue weighted by Gasteiger charge is -2.20. The standard InChI is InChI=1S/C13H18N2/c1-11(2)7-8-15(3)13-6-4-5-12(9-13)10-14/h4-6,9,11H,7-8H2,1-3H3. The number of anilines is 1. The van der Waals surface area contributed by atoms with Gasteiger partial charge >= 0.3 is 0 Å². The van der Waals surface area contributed by atoms with Crippen LogP contribution in [0.1, 0.15) is 25.8 Å². The third-order valence-corrected chi connectivity index (χ3v) is 2.46. The van der Waals surface area contributed by atoms with Crippen molar-refractivity contribution in [3.05, 3.63) is 29.8 Å². The van der Waals surface area contributed by atoms with Crippen LogP contribution in [-0.2, 0) is 0 Å². The van der Waals surface area contributed by atoms with Gasteiger partial charge in [-0.1, -0.05) is 19.9 Å². The van der Waals surface area contributed by atoms with E-state index in [1.807, 2.05) is 24.3 Å². The van der Waals surface area contributed by atoms with E-state index in [1.54, 1.807) is 0 Å². The van der Waals surface area contributed by atoms with Gasteiger partial charge in [0.05, 0.1) is 11.6 Å². The van der Waals surface area contributed by atoms with Crippen LogP contribution in [0, 0.1) is 17.2 Å². The van der Waals surface area contributed by atoms with Crippen molar-refractivity contribution in [2.24, 2.45) is 5.92 Å². The van der Waals surface area contributed by atoms with Crippen molar-refractivity contribution in [3.8, 4) is 6.07 Å². The number of nitriles is 1. The summed E-state index contributed by atoms with van der Waals surface area (Å²) in [4.78, 5) is 2.20. The molecule has 0 saturated carbocycles. The normalized spacial score (nSPS) is 10.1. The first-order chi connectivity index (χ1) is 7.13. The lowest BCUT2D eigenvalue weighted by atomic mass is 10.1. The number of rotatable bonds is 4. The molecule has 0 aliphatic rings.